The second kappa shape index (κ2) is 7.40. The second-order valence-electron chi connectivity index (χ2n) is 5.88. The molecule has 1 aliphatic rings. The first-order chi connectivity index (χ1) is 11.1. The average molecular weight is 337 g/mol. The van der Waals surface area contributed by atoms with Gasteiger partial charge in [-0.2, -0.15) is 4.98 Å². The number of rotatable bonds is 5. The van der Waals surface area contributed by atoms with Gasteiger partial charge >= 0.3 is 0 Å². The van der Waals surface area contributed by atoms with Gasteiger partial charge in [0.15, 0.2) is 5.82 Å². The Kier molecular flexibility index (Phi) is 5.27. The Balaban J connectivity index is 1.47. The van der Waals surface area contributed by atoms with Crippen LogP contribution in [0, 0.1) is 6.92 Å². The second-order valence-corrected chi connectivity index (χ2v) is 6.32. The highest BCUT2D eigenvalue weighted by Gasteiger charge is 2.21. The van der Waals surface area contributed by atoms with E-state index in [1.54, 1.807) is 0 Å². The maximum absolute atomic E-state index is 10.4. The molecule has 1 fully saturated rings. The highest BCUT2D eigenvalue weighted by atomic mass is 35.5. The smallest absolute Gasteiger partial charge is 0.240 e. The lowest BCUT2D eigenvalue weighted by Crippen LogP contribution is -2.47. The van der Waals surface area contributed by atoms with Crippen LogP contribution in [0.1, 0.15) is 23.4 Å². The molecule has 2 heterocycles. The van der Waals surface area contributed by atoms with E-state index in [0.717, 1.165) is 31.7 Å². The Morgan fingerprint density at radius 3 is 2.65 bits per heavy atom. The maximum Gasteiger partial charge on any atom is 0.240 e. The van der Waals surface area contributed by atoms with Crippen molar-refractivity contribution in [3.05, 3.63) is 46.6 Å². The lowest BCUT2D eigenvalue weighted by molar-refractivity contribution is 0.0663. The molecule has 1 atom stereocenters. The molecule has 23 heavy (non-hydrogen) atoms. The molecule has 7 heteroatoms. The lowest BCUT2D eigenvalue weighted by atomic mass is 10.1. The van der Waals surface area contributed by atoms with E-state index in [2.05, 4.69) is 19.9 Å². The Bertz CT molecular complexity index is 641. The summed E-state index contributed by atoms with van der Waals surface area (Å²) in [5.41, 5.74) is 0.862. The molecule has 0 unspecified atom stereocenters. The number of aryl methyl sites for hydroxylation is 1. The van der Waals surface area contributed by atoms with Crippen molar-refractivity contribution in [2.75, 3.05) is 32.7 Å². The minimum atomic E-state index is -0.515. The summed E-state index contributed by atoms with van der Waals surface area (Å²) in [5.74, 6) is 1.33. The summed E-state index contributed by atoms with van der Waals surface area (Å²) in [4.78, 5) is 8.79. The molecule has 0 aliphatic carbocycles. The summed E-state index contributed by atoms with van der Waals surface area (Å²) in [6.45, 7) is 6.78. The fourth-order valence-corrected chi connectivity index (χ4v) is 2.99. The van der Waals surface area contributed by atoms with Crippen LogP contribution in [0.3, 0.4) is 0 Å². The third-order valence-electron chi connectivity index (χ3n) is 4.06. The first-order valence-corrected chi connectivity index (χ1v) is 8.15. The summed E-state index contributed by atoms with van der Waals surface area (Å²) in [6, 6.07) is 7.41. The minimum Gasteiger partial charge on any atom is -0.387 e. The van der Waals surface area contributed by atoms with E-state index in [9.17, 15) is 5.11 Å². The molecule has 2 aromatic rings. The lowest BCUT2D eigenvalue weighted by Gasteiger charge is -2.34. The standard InChI is InChI=1S/C16H21ClN4O2/c1-12-18-16(23-19-12)11-21-7-5-20(6-8-21)10-15(22)13-3-2-4-14(17)9-13/h2-4,9,15,22H,5-8,10-11H2,1H3/t15-/m1/s1. The van der Waals surface area contributed by atoms with Gasteiger partial charge < -0.3 is 9.63 Å². The predicted octanol–water partition coefficient (Wildman–Crippen LogP) is 1.88. The molecular weight excluding hydrogens is 316 g/mol. The number of hydrogen-bond acceptors (Lipinski definition) is 6. The van der Waals surface area contributed by atoms with Crippen LogP contribution in [0.2, 0.25) is 5.02 Å². The molecule has 1 aromatic heterocycles. The Hall–Kier alpha value is -1.47. The van der Waals surface area contributed by atoms with Crippen molar-refractivity contribution in [3.8, 4) is 0 Å². The van der Waals surface area contributed by atoms with Crippen molar-refractivity contribution < 1.29 is 9.63 Å². The summed E-state index contributed by atoms with van der Waals surface area (Å²) >= 11 is 5.98. The van der Waals surface area contributed by atoms with E-state index >= 15 is 0 Å². The number of nitrogens with zero attached hydrogens (tertiary/aromatic N) is 4. The Morgan fingerprint density at radius 2 is 2.00 bits per heavy atom. The van der Waals surface area contributed by atoms with E-state index in [4.69, 9.17) is 16.1 Å². The number of aromatic nitrogens is 2. The molecule has 6 nitrogen and oxygen atoms in total. The number of β-amino-alcohol motifs (C(OH)–C–C–N with tert-alkyl or cyclic N) is 1. The van der Waals surface area contributed by atoms with Crippen molar-refractivity contribution in [1.82, 2.24) is 19.9 Å². The van der Waals surface area contributed by atoms with Gasteiger partial charge in [-0.3, -0.25) is 9.80 Å². The summed E-state index contributed by atoms with van der Waals surface area (Å²) in [7, 11) is 0. The monoisotopic (exact) mass is 336 g/mol. The van der Waals surface area contributed by atoms with Crippen LogP contribution in [0.4, 0.5) is 0 Å². The van der Waals surface area contributed by atoms with Crippen LogP contribution in [-0.2, 0) is 6.54 Å². The zero-order chi connectivity index (χ0) is 16.2. The third kappa shape index (κ3) is 4.51. The van der Waals surface area contributed by atoms with Gasteiger partial charge in [-0.05, 0) is 24.6 Å². The van der Waals surface area contributed by atoms with Crippen LogP contribution < -0.4 is 0 Å². The quantitative estimate of drug-likeness (QED) is 0.899. The first kappa shape index (κ1) is 16.4. The van der Waals surface area contributed by atoms with E-state index in [1.165, 1.54) is 0 Å². The van der Waals surface area contributed by atoms with E-state index in [1.807, 2.05) is 31.2 Å². The molecule has 1 N–H and O–H groups in total. The number of benzene rings is 1. The minimum absolute atomic E-state index is 0.515. The Labute approximate surface area is 140 Å². The van der Waals surface area contributed by atoms with Gasteiger partial charge in [0.2, 0.25) is 5.89 Å². The van der Waals surface area contributed by atoms with Crippen LogP contribution in [0.15, 0.2) is 28.8 Å². The van der Waals surface area contributed by atoms with Crippen molar-refractivity contribution in [2.45, 2.75) is 19.6 Å². The van der Waals surface area contributed by atoms with Crippen molar-refractivity contribution >= 4 is 11.6 Å². The van der Waals surface area contributed by atoms with Crippen molar-refractivity contribution in [2.24, 2.45) is 0 Å². The largest absolute Gasteiger partial charge is 0.387 e. The highest BCUT2D eigenvalue weighted by molar-refractivity contribution is 6.30. The van der Waals surface area contributed by atoms with Crippen molar-refractivity contribution in [3.63, 3.8) is 0 Å². The number of hydrogen-bond donors (Lipinski definition) is 1. The van der Waals surface area contributed by atoms with Gasteiger partial charge in [0.1, 0.15) is 0 Å². The zero-order valence-corrected chi connectivity index (χ0v) is 13.9. The summed E-state index contributed by atoms with van der Waals surface area (Å²) in [5, 5.41) is 14.8. The third-order valence-corrected chi connectivity index (χ3v) is 4.29. The molecule has 1 aliphatic heterocycles. The summed E-state index contributed by atoms with van der Waals surface area (Å²) < 4.78 is 5.16. The SMILES string of the molecule is Cc1noc(CN2CCN(C[C@@H](O)c3cccc(Cl)c3)CC2)n1. The fourth-order valence-electron chi connectivity index (χ4n) is 2.79. The molecule has 0 amide bonds. The average Bonchev–Trinajstić information content (AvgIpc) is 2.94. The number of aliphatic hydroxyl groups is 1. The molecule has 0 saturated carbocycles. The molecule has 1 aromatic carbocycles. The van der Waals surface area contributed by atoms with Gasteiger partial charge in [-0.1, -0.05) is 28.9 Å². The molecule has 0 bridgehead atoms. The number of aliphatic hydroxyl groups excluding tert-OH is 1. The Morgan fingerprint density at radius 1 is 1.26 bits per heavy atom. The van der Waals surface area contributed by atoms with Gasteiger partial charge in [-0.15, -0.1) is 0 Å². The van der Waals surface area contributed by atoms with Gasteiger partial charge in [0.25, 0.3) is 0 Å². The normalized spacial score (nSPS) is 18.2. The van der Waals surface area contributed by atoms with E-state index in [-0.39, 0.29) is 0 Å². The molecule has 0 radical (unpaired) electrons. The molecule has 1 saturated heterocycles. The van der Waals surface area contributed by atoms with Crippen LogP contribution in [-0.4, -0.2) is 57.8 Å². The van der Waals surface area contributed by atoms with E-state index < -0.39 is 6.10 Å². The van der Waals surface area contributed by atoms with Crippen LogP contribution in [0.5, 0.6) is 0 Å². The topological polar surface area (TPSA) is 65.6 Å². The van der Waals surface area contributed by atoms with Gasteiger partial charge in [0.05, 0.1) is 12.6 Å². The number of piperazine rings is 1. The molecular formula is C16H21ClN4O2. The first-order valence-electron chi connectivity index (χ1n) is 7.77. The van der Waals surface area contributed by atoms with Crippen LogP contribution in [0.25, 0.3) is 0 Å². The van der Waals surface area contributed by atoms with Gasteiger partial charge in [0, 0.05) is 37.7 Å². The summed E-state index contributed by atoms with van der Waals surface area (Å²) in [6.07, 6.45) is -0.515. The molecule has 124 valence electrons. The molecule has 3 rings (SSSR count). The van der Waals surface area contributed by atoms with Crippen molar-refractivity contribution in [1.29, 1.82) is 0 Å². The predicted molar refractivity (Wildman–Crippen MR) is 87.2 cm³/mol. The fraction of sp³-hybridized carbons (Fsp3) is 0.500. The van der Waals surface area contributed by atoms with E-state index in [0.29, 0.717) is 29.8 Å². The van der Waals surface area contributed by atoms with Gasteiger partial charge in [-0.25, -0.2) is 0 Å². The highest BCUT2D eigenvalue weighted by Crippen LogP contribution is 2.19. The number of halogens is 1. The molecule has 0 spiro atoms. The maximum atomic E-state index is 10.4. The zero-order valence-electron chi connectivity index (χ0n) is 13.2. The van der Waals surface area contributed by atoms with Crippen LogP contribution >= 0.6 is 11.6 Å².